The van der Waals surface area contributed by atoms with Gasteiger partial charge in [-0.3, -0.25) is 4.79 Å². The summed E-state index contributed by atoms with van der Waals surface area (Å²) in [5.74, 6) is -0.182. The van der Waals surface area contributed by atoms with E-state index in [0.717, 1.165) is 5.56 Å². The van der Waals surface area contributed by atoms with Gasteiger partial charge >= 0.3 is 0 Å². The maximum atomic E-state index is 12.4. The quantitative estimate of drug-likeness (QED) is 0.850. The zero-order chi connectivity index (χ0) is 15.6. The average molecular weight is 324 g/mol. The molecule has 0 aliphatic heterocycles. The van der Waals surface area contributed by atoms with E-state index in [1.807, 2.05) is 6.07 Å². The van der Waals surface area contributed by atoms with Crippen molar-refractivity contribution >= 4 is 40.5 Å². The van der Waals surface area contributed by atoms with E-state index in [9.17, 15) is 4.79 Å². The van der Waals surface area contributed by atoms with Crippen LogP contribution in [0.3, 0.4) is 0 Å². The lowest BCUT2D eigenvalue weighted by Crippen LogP contribution is -2.27. The summed E-state index contributed by atoms with van der Waals surface area (Å²) >= 11 is 11.8. The molecule has 4 N–H and O–H groups in total. The zero-order valence-electron chi connectivity index (χ0n) is 11.4. The molecule has 0 aromatic heterocycles. The highest BCUT2D eigenvalue weighted by Gasteiger charge is 2.15. The van der Waals surface area contributed by atoms with Gasteiger partial charge in [-0.15, -0.1) is 0 Å². The molecule has 110 valence electrons. The van der Waals surface area contributed by atoms with E-state index in [2.05, 4.69) is 0 Å². The van der Waals surface area contributed by atoms with Gasteiger partial charge in [0.05, 0.1) is 15.6 Å². The van der Waals surface area contributed by atoms with E-state index in [0.29, 0.717) is 33.5 Å². The normalized spacial score (nSPS) is 10.4. The maximum Gasteiger partial charge on any atom is 0.255 e. The first kappa shape index (κ1) is 15.5. The molecule has 0 aliphatic rings. The van der Waals surface area contributed by atoms with E-state index in [1.54, 1.807) is 42.3 Å². The third kappa shape index (κ3) is 3.60. The van der Waals surface area contributed by atoms with Crippen molar-refractivity contribution in [2.24, 2.45) is 0 Å². The lowest BCUT2D eigenvalue weighted by Gasteiger charge is -2.18. The van der Waals surface area contributed by atoms with Crippen molar-refractivity contribution < 1.29 is 4.79 Å². The summed E-state index contributed by atoms with van der Waals surface area (Å²) in [6.07, 6.45) is 0. The van der Waals surface area contributed by atoms with E-state index >= 15 is 0 Å². The molecule has 0 bridgehead atoms. The van der Waals surface area contributed by atoms with Crippen LogP contribution in [0.4, 0.5) is 11.4 Å². The fourth-order valence-electron chi connectivity index (χ4n) is 1.97. The topological polar surface area (TPSA) is 72.3 Å². The Kier molecular flexibility index (Phi) is 4.60. The maximum absolute atomic E-state index is 12.4. The Hall–Kier alpha value is -1.91. The fourth-order valence-corrected chi connectivity index (χ4v) is 2.29. The van der Waals surface area contributed by atoms with Crippen LogP contribution in [0.2, 0.25) is 10.0 Å². The summed E-state index contributed by atoms with van der Waals surface area (Å²) in [6, 6.07) is 10.1. The number of carbonyl (C=O) groups is 1. The number of hydrogen-bond donors (Lipinski definition) is 2. The Morgan fingerprint density at radius 1 is 1.10 bits per heavy atom. The van der Waals surface area contributed by atoms with Crippen molar-refractivity contribution in [2.75, 3.05) is 18.5 Å². The van der Waals surface area contributed by atoms with Gasteiger partial charge in [-0.25, -0.2) is 0 Å². The van der Waals surface area contributed by atoms with Crippen LogP contribution in [0.15, 0.2) is 36.4 Å². The molecule has 0 saturated carbocycles. The van der Waals surface area contributed by atoms with Crippen LogP contribution in [0.25, 0.3) is 0 Å². The van der Waals surface area contributed by atoms with Crippen LogP contribution in [0.5, 0.6) is 0 Å². The largest absolute Gasteiger partial charge is 0.399 e. The molecule has 0 spiro atoms. The monoisotopic (exact) mass is 323 g/mol. The highest BCUT2D eigenvalue weighted by Crippen LogP contribution is 2.24. The Balaban J connectivity index is 2.17. The van der Waals surface area contributed by atoms with E-state index in [1.165, 1.54) is 0 Å². The molecular formula is C15H15Cl2N3O. The second-order valence-electron chi connectivity index (χ2n) is 4.76. The molecule has 2 aromatic rings. The van der Waals surface area contributed by atoms with Gasteiger partial charge in [0.1, 0.15) is 0 Å². The van der Waals surface area contributed by atoms with Crippen LogP contribution in [-0.2, 0) is 6.54 Å². The molecule has 21 heavy (non-hydrogen) atoms. The van der Waals surface area contributed by atoms with Crippen LogP contribution in [0, 0.1) is 0 Å². The van der Waals surface area contributed by atoms with Gasteiger partial charge in [-0.1, -0.05) is 29.3 Å². The number of amides is 1. The van der Waals surface area contributed by atoms with Crippen molar-refractivity contribution in [1.82, 2.24) is 4.90 Å². The Morgan fingerprint density at radius 2 is 1.81 bits per heavy atom. The second-order valence-corrected chi connectivity index (χ2v) is 5.57. The number of nitrogens with two attached hydrogens (primary N) is 2. The van der Waals surface area contributed by atoms with Crippen LogP contribution in [-0.4, -0.2) is 17.9 Å². The number of halogens is 2. The first-order chi connectivity index (χ1) is 9.88. The first-order valence-corrected chi connectivity index (χ1v) is 6.98. The average Bonchev–Trinajstić information content (AvgIpc) is 2.42. The van der Waals surface area contributed by atoms with Gasteiger partial charge in [0, 0.05) is 25.0 Å². The molecule has 2 aromatic carbocycles. The summed E-state index contributed by atoms with van der Waals surface area (Å²) in [7, 11) is 1.70. The summed E-state index contributed by atoms with van der Waals surface area (Å²) in [5.41, 5.74) is 13.7. The molecule has 0 aliphatic carbocycles. The summed E-state index contributed by atoms with van der Waals surface area (Å²) < 4.78 is 0. The standard InChI is InChI=1S/C15H15Cl2N3O/c1-20(8-9-2-5-12(16)13(17)6-9)15(21)11-4-3-10(18)7-14(11)19/h2-7H,8,18-19H2,1H3. The zero-order valence-corrected chi connectivity index (χ0v) is 12.9. The molecule has 1 amide bonds. The predicted octanol–water partition coefficient (Wildman–Crippen LogP) is 3.43. The minimum Gasteiger partial charge on any atom is -0.399 e. The van der Waals surface area contributed by atoms with Crippen molar-refractivity contribution in [3.8, 4) is 0 Å². The van der Waals surface area contributed by atoms with Gasteiger partial charge in [0.15, 0.2) is 0 Å². The highest BCUT2D eigenvalue weighted by atomic mass is 35.5. The van der Waals surface area contributed by atoms with Crippen molar-refractivity contribution in [1.29, 1.82) is 0 Å². The van der Waals surface area contributed by atoms with Crippen LogP contribution in [0.1, 0.15) is 15.9 Å². The number of rotatable bonds is 3. The predicted molar refractivity (Wildman–Crippen MR) is 87.5 cm³/mol. The lowest BCUT2D eigenvalue weighted by atomic mass is 10.1. The van der Waals surface area contributed by atoms with Crippen molar-refractivity contribution in [3.05, 3.63) is 57.6 Å². The Labute approximate surface area is 133 Å². The van der Waals surface area contributed by atoms with E-state index in [-0.39, 0.29) is 5.91 Å². The van der Waals surface area contributed by atoms with Crippen LogP contribution < -0.4 is 11.5 Å². The molecule has 0 radical (unpaired) electrons. The van der Waals surface area contributed by atoms with Gasteiger partial charge in [-0.2, -0.15) is 0 Å². The molecule has 6 heteroatoms. The molecule has 0 atom stereocenters. The van der Waals surface area contributed by atoms with Gasteiger partial charge in [-0.05, 0) is 35.9 Å². The molecule has 2 rings (SSSR count). The Bertz CT molecular complexity index is 689. The first-order valence-electron chi connectivity index (χ1n) is 6.23. The van der Waals surface area contributed by atoms with E-state index in [4.69, 9.17) is 34.7 Å². The fraction of sp³-hybridized carbons (Fsp3) is 0.133. The summed E-state index contributed by atoms with van der Waals surface area (Å²) in [5, 5.41) is 0.944. The molecular weight excluding hydrogens is 309 g/mol. The molecule has 4 nitrogen and oxygen atoms in total. The summed E-state index contributed by atoms with van der Waals surface area (Å²) in [6.45, 7) is 0.402. The van der Waals surface area contributed by atoms with Gasteiger partial charge in [0.2, 0.25) is 0 Å². The van der Waals surface area contributed by atoms with Gasteiger partial charge in [0.25, 0.3) is 5.91 Å². The smallest absolute Gasteiger partial charge is 0.255 e. The van der Waals surface area contributed by atoms with Gasteiger partial charge < -0.3 is 16.4 Å². The van der Waals surface area contributed by atoms with E-state index < -0.39 is 0 Å². The number of nitrogen functional groups attached to an aromatic ring is 2. The van der Waals surface area contributed by atoms with Crippen molar-refractivity contribution in [2.45, 2.75) is 6.54 Å². The molecule has 0 heterocycles. The second kappa shape index (κ2) is 6.24. The minimum absolute atomic E-state index is 0.182. The Morgan fingerprint density at radius 3 is 2.43 bits per heavy atom. The van der Waals surface area contributed by atoms with Crippen LogP contribution >= 0.6 is 23.2 Å². The number of hydrogen-bond acceptors (Lipinski definition) is 3. The lowest BCUT2D eigenvalue weighted by molar-refractivity contribution is 0.0786. The third-order valence-corrected chi connectivity index (χ3v) is 3.80. The molecule has 0 unspecified atom stereocenters. The molecule has 0 fully saturated rings. The minimum atomic E-state index is -0.182. The molecule has 0 saturated heterocycles. The third-order valence-electron chi connectivity index (χ3n) is 3.06. The van der Waals surface area contributed by atoms with Crippen molar-refractivity contribution in [3.63, 3.8) is 0 Å². The summed E-state index contributed by atoms with van der Waals surface area (Å²) in [4.78, 5) is 13.9. The number of nitrogens with zero attached hydrogens (tertiary/aromatic N) is 1. The number of carbonyl (C=O) groups excluding carboxylic acids is 1. The number of anilines is 2. The SMILES string of the molecule is CN(Cc1ccc(Cl)c(Cl)c1)C(=O)c1ccc(N)cc1N. The highest BCUT2D eigenvalue weighted by molar-refractivity contribution is 6.42. The number of benzene rings is 2.